The molecule has 0 spiro atoms. The first-order valence-electron chi connectivity index (χ1n) is 8.55. The van der Waals surface area contributed by atoms with Crippen LogP contribution < -0.4 is 9.62 Å². The minimum absolute atomic E-state index is 0.147. The second-order valence-corrected chi connectivity index (χ2v) is 8.56. The highest BCUT2D eigenvalue weighted by molar-refractivity contribution is 7.92. The van der Waals surface area contributed by atoms with Gasteiger partial charge in [-0.25, -0.2) is 8.42 Å². The average molecular weight is 375 g/mol. The highest BCUT2D eigenvalue weighted by atomic mass is 32.2. The Morgan fingerprint density at radius 3 is 2.31 bits per heavy atom. The average Bonchev–Trinajstić information content (AvgIpc) is 2.60. The minimum atomic E-state index is -3.56. The molecule has 2 aromatic carbocycles. The molecule has 1 unspecified atom stereocenters. The van der Waals surface area contributed by atoms with Crippen molar-refractivity contribution < 1.29 is 13.2 Å². The van der Waals surface area contributed by atoms with Gasteiger partial charge in [0.1, 0.15) is 6.54 Å². The number of aryl methyl sites for hydroxylation is 2. The smallest absolute Gasteiger partial charge is 0.240 e. The topological polar surface area (TPSA) is 66.5 Å². The molecule has 26 heavy (non-hydrogen) atoms. The fourth-order valence-corrected chi connectivity index (χ4v) is 3.48. The van der Waals surface area contributed by atoms with E-state index in [1.807, 2.05) is 57.2 Å². The Hall–Kier alpha value is -2.34. The van der Waals surface area contributed by atoms with Gasteiger partial charge in [-0.1, -0.05) is 43.3 Å². The van der Waals surface area contributed by atoms with Crippen LogP contribution in [0.3, 0.4) is 0 Å². The normalized spacial score (nSPS) is 12.5. The van der Waals surface area contributed by atoms with E-state index >= 15 is 0 Å². The monoisotopic (exact) mass is 374 g/mol. The summed E-state index contributed by atoms with van der Waals surface area (Å²) in [5, 5.41) is 2.83. The van der Waals surface area contributed by atoms with E-state index in [-0.39, 0.29) is 18.4 Å². The summed E-state index contributed by atoms with van der Waals surface area (Å²) in [7, 11) is -3.56. The molecule has 1 N–H and O–H groups in total. The van der Waals surface area contributed by atoms with Crippen molar-refractivity contribution in [1.29, 1.82) is 0 Å². The van der Waals surface area contributed by atoms with E-state index in [1.165, 1.54) is 0 Å². The Bertz CT molecular complexity index is 864. The van der Waals surface area contributed by atoms with Gasteiger partial charge in [0, 0.05) is 6.54 Å². The zero-order valence-corrected chi connectivity index (χ0v) is 16.5. The summed E-state index contributed by atoms with van der Waals surface area (Å²) in [5.74, 6) is -0.176. The molecule has 0 bridgehead atoms. The highest BCUT2D eigenvalue weighted by Gasteiger charge is 2.21. The van der Waals surface area contributed by atoms with E-state index in [0.29, 0.717) is 12.2 Å². The zero-order chi connectivity index (χ0) is 19.3. The predicted octanol–water partition coefficient (Wildman–Crippen LogP) is 2.99. The summed E-state index contributed by atoms with van der Waals surface area (Å²) >= 11 is 0. The second kappa shape index (κ2) is 8.36. The largest absolute Gasteiger partial charge is 0.354 e. The van der Waals surface area contributed by atoms with Crippen molar-refractivity contribution in [2.45, 2.75) is 26.7 Å². The van der Waals surface area contributed by atoms with Crippen molar-refractivity contribution >= 4 is 21.6 Å². The van der Waals surface area contributed by atoms with E-state index in [4.69, 9.17) is 0 Å². The number of sulfonamides is 1. The molecular weight excluding hydrogens is 348 g/mol. The van der Waals surface area contributed by atoms with Crippen LogP contribution in [0.2, 0.25) is 0 Å². The molecule has 2 aromatic rings. The van der Waals surface area contributed by atoms with Gasteiger partial charge >= 0.3 is 0 Å². The number of amides is 1. The maximum Gasteiger partial charge on any atom is 0.240 e. The number of hydrogen-bond acceptors (Lipinski definition) is 3. The Morgan fingerprint density at radius 2 is 1.73 bits per heavy atom. The first kappa shape index (κ1) is 20.0. The number of anilines is 1. The third-order valence-electron chi connectivity index (χ3n) is 4.44. The van der Waals surface area contributed by atoms with Gasteiger partial charge in [-0.3, -0.25) is 9.10 Å². The van der Waals surface area contributed by atoms with Crippen LogP contribution in [0, 0.1) is 13.8 Å². The molecule has 6 heteroatoms. The van der Waals surface area contributed by atoms with Gasteiger partial charge in [0.25, 0.3) is 0 Å². The maximum atomic E-state index is 12.3. The van der Waals surface area contributed by atoms with Crippen LogP contribution in [0.15, 0.2) is 48.5 Å². The van der Waals surface area contributed by atoms with Crippen molar-refractivity contribution in [3.63, 3.8) is 0 Å². The fraction of sp³-hybridized carbons (Fsp3) is 0.350. The zero-order valence-electron chi connectivity index (χ0n) is 15.7. The number of carbonyl (C=O) groups excluding carboxylic acids is 1. The van der Waals surface area contributed by atoms with E-state index < -0.39 is 10.0 Å². The minimum Gasteiger partial charge on any atom is -0.354 e. The summed E-state index contributed by atoms with van der Waals surface area (Å²) in [6, 6.07) is 15.3. The molecule has 2 rings (SSSR count). The van der Waals surface area contributed by atoms with Crippen LogP contribution in [0.25, 0.3) is 0 Å². The summed E-state index contributed by atoms with van der Waals surface area (Å²) in [5.41, 5.74) is 3.68. The molecule has 5 nitrogen and oxygen atoms in total. The quantitative estimate of drug-likeness (QED) is 0.810. The van der Waals surface area contributed by atoms with Gasteiger partial charge in [0.15, 0.2) is 0 Å². The molecule has 0 aliphatic carbocycles. The molecule has 0 fully saturated rings. The van der Waals surface area contributed by atoms with E-state index in [2.05, 4.69) is 5.32 Å². The third kappa shape index (κ3) is 5.33. The molecule has 0 aliphatic rings. The lowest BCUT2D eigenvalue weighted by Gasteiger charge is -2.23. The summed E-state index contributed by atoms with van der Waals surface area (Å²) < 4.78 is 25.5. The number of nitrogens with one attached hydrogen (secondary N) is 1. The van der Waals surface area contributed by atoms with E-state index in [0.717, 1.165) is 27.3 Å². The van der Waals surface area contributed by atoms with Gasteiger partial charge in [0.2, 0.25) is 15.9 Å². The number of hydrogen-bond donors (Lipinski definition) is 1. The Morgan fingerprint density at radius 1 is 1.08 bits per heavy atom. The van der Waals surface area contributed by atoms with Gasteiger partial charge in [-0.2, -0.15) is 0 Å². The molecule has 0 saturated carbocycles. The Kier molecular flexibility index (Phi) is 6.42. The van der Waals surface area contributed by atoms with Crippen LogP contribution >= 0.6 is 0 Å². The number of carbonyl (C=O) groups is 1. The van der Waals surface area contributed by atoms with Gasteiger partial charge in [-0.15, -0.1) is 0 Å². The van der Waals surface area contributed by atoms with Crippen molar-refractivity contribution in [1.82, 2.24) is 5.32 Å². The standard InChI is InChI=1S/C20H26N2O3S/c1-15-10-11-19(12-16(15)2)22(26(4,24)25)14-20(23)21-13-17(3)18-8-6-5-7-9-18/h5-12,17H,13-14H2,1-4H3,(H,21,23). The molecular formula is C20H26N2O3S. The molecule has 0 heterocycles. The molecule has 0 aromatic heterocycles. The number of rotatable bonds is 7. The molecule has 140 valence electrons. The van der Waals surface area contributed by atoms with Crippen molar-refractivity contribution in [2.75, 3.05) is 23.7 Å². The molecule has 1 amide bonds. The molecule has 0 saturated heterocycles. The van der Waals surface area contributed by atoms with Gasteiger partial charge < -0.3 is 5.32 Å². The lowest BCUT2D eigenvalue weighted by molar-refractivity contribution is -0.119. The molecule has 1 atom stereocenters. The Labute approximate surface area is 156 Å². The first-order valence-corrected chi connectivity index (χ1v) is 10.4. The van der Waals surface area contributed by atoms with Crippen LogP contribution in [0.4, 0.5) is 5.69 Å². The summed E-state index contributed by atoms with van der Waals surface area (Å²) in [6.45, 7) is 6.12. The van der Waals surface area contributed by atoms with Crippen molar-refractivity contribution in [2.24, 2.45) is 0 Å². The molecule has 0 radical (unpaired) electrons. The third-order valence-corrected chi connectivity index (χ3v) is 5.58. The Balaban J connectivity index is 2.06. The van der Waals surface area contributed by atoms with Crippen molar-refractivity contribution in [3.05, 3.63) is 65.2 Å². The van der Waals surface area contributed by atoms with Crippen LogP contribution in [0.5, 0.6) is 0 Å². The highest BCUT2D eigenvalue weighted by Crippen LogP contribution is 2.21. The number of nitrogens with zero attached hydrogens (tertiary/aromatic N) is 1. The summed E-state index contributed by atoms with van der Waals surface area (Å²) in [6.07, 6.45) is 1.11. The van der Waals surface area contributed by atoms with Crippen LogP contribution in [0.1, 0.15) is 29.5 Å². The van der Waals surface area contributed by atoms with Crippen molar-refractivity contribution in [3.8, 4) is 0 Å². The molecule has 0 aliphatic heterocycles. The summed E-state index contributed by atoms with van der Waals surface area (Å²) in [4.78, 5) is 12.3. The lowest BCUT2D eigenvalue weighted by atomic mass is 10.0. The predicted molar refractivity (Wildman–Crippen MR) is 106 cm³/mol. The lowest BCUT2D eigenvalue weighted by Crippen LogP contribution is -2.41. The fourth-order valence-electron chi connectivity index (χ4n) is 2.63. The van der Waals surface area contributed by atoms with Gasteiger partial charge in [-0.05, 0) is 48.6 Å². The SMILES string of the molecule is Cc1ccc(N(CC(=O)NCC(C)c2ccccc2)S(C)(=O)=O)cc1C. The van der Waals surface area contributed by atoms with E-state index in [9.17, 15) is 13.2 Å². The van der Waals surface area contributed by atoms with Gasteiger partial charge in [0.05, 0.1) is 11.9 Å². The first-order chi connectivity index (χ1) is 12.2. The second-order valence-electron chi connectivity index (χ2n) is 6.65. The number of benzene rings is 2. The van der Waals surface area contributed by atoms with Crippen LogP contribution in [-0.2, 0) is 14.8 Å². The van der Waals surface area contributed by atoms with E-state index in [1.54, 1.807) is 12.1 Å². The van der Waals surface area contributed by atoms with Crippen LogP contribution in [-0.4, -0.2) is 33.7 Å². The maximum absolute atomic E-state index is 12.3.